The van der Waals surface area contributed by atoms with Crippen molar-refractivity contribution < 1.29 is 0 Å². The second-order valence-electron chi connectivity index (χ2n) is 17.1. The molecule has 0 saturated heterocycles. The molecule has 68 heavy (non-hydrogen) atoms. The molecule has 0 bridgehead atoms. The van der Waals surface area contributed by atoms with Gasteiger partial charge in [-0.25, -0.2) is 19.9 Å². The smallest absolute Gasteiger partial charge is 0.179 e. The average Bonchev–Trinajstić information content (AvgIpc) is 3.95. The van der Waals surface area contributed by atoms with Crippen LogP contribution in [-0.4, -0.2) is 29.1 Å². The third-order valence-corrected chi connectivity index (χ3v) is 12.9. The van der Waals surface area contributed by atoms with Gasteiger partial charge in [0.05, 0.1) is 39.1 Å². The molecule has 0 saturated carbocycles. The molecule has 0 aliphatic carbocycles. The van der Waals surface area contributed by atoms with Gasteiger partial charge in [-0.1, -0.05) is 182 Å². The van der Waals surface area contributed by atoms with Crippen LogP contribution in [0.15, 0.2) is 243 Å². The van der Waals surface area contributed by atoms with E-state index in [2.05, 4.69) is 209 Å². The Balaban J connectivity index is 1.04. The molecule has 0 fully saturated rings. The fraction of sp³-hybridized carbons (Fsp3) is 0. The Morgan fingerprint density at radius 3 is 1.12 bits per heavy atom. The quantitative estimate of drug-likeness (QED) is 0.153. The van der Waals surface area contributed by atoms with E-state index in [9.17, 15) is 0 Å². The summed E-state index contributed by atoms with van der Waals surface area (Å²) in [5.41, 5.74) is 15.1. The van der Waals surface area contributed by atoms with Gasteiger partial charge in [0.1, 0.15) is 17.3 Å². The van der Waals surface area contributed by atoms with Crippen LogP contribution >= 0.6 is 0 Å². The number of nitrogens with zero attached hydrogens (tertiary/aromatic N) is 6. The van der Waals surface area contributed by atoms with Gasteiger partial charge in [0.15, 0.2) is 5.82 Å². The van der Waals surface area contributed by atoms with Crippen LogP contribution in [-0.2, 0) is 0 Å². The van der Waals surface area contributed by atoms with Gasteiger partial charge in [-0.2, -0.15) is 0 Å². The van der Waals surface area contributed by atoms with Gasteiger partial charge in [-0.05, 0) is 82.9 Å². The zero-order valence-corrected chi connectivity index (χ0v) is 36.8. The first kappa shape index (κ1) is 39.1. The number of hydrogen-bond donors (Lipinski definition) is 0. The van der Waals surface area contributed by atoms with E-state index in [-0.39, 0.29) is 0 Å². The maximum atomic E-state index is 5.56. The van der Waals surface area contributed by atoms with E-state index in [4.69, 9.17) is 19.9 Å². The predicted molar refractivity (Wildman–Crippen MR) is 279 cm³/mol. The molecule has 6 nitrogen and oxygen atoms in total. The topological polar surface area (TPSA) is 61.4 Å². The number of benzene rings is 8. The molecule has 13 rings (SSSR count). The van der Waals surface area contributed by atoms with Crippen LogP contribution in [0.25, 0.3) is 123 Å². The van der Waals surface area contributed by atoms with Crippen molar-refractivity contribution in [2.24, 2.45) is 0 Å². The molecule has 6 heteroatoms. The van der Waals surface area contributed by atoms with E-state index in [1.54, 1.807) is 0 Å². The standard InChI is InChI=1S/C62H40N6/c1-5-19-41(20-6-1)45-37-46(42-21-7-2-8-22-42)39-47(38-45)52-29-17-33-58(63-52)67-56-31-15-13-27-48(56)50-35-36-51-49-28-14-16-32-57(49)68(61(51)60(50)67)59-34-18-30-53(64-59)62-65-54(43-23-9-3-10-24-43)40-55(66-62)44-25-11-4-12-26-44/h1-40H. The van der Waals surface area contributed by atoms with Gasteiger partial charge in [0, 0.05) is 38.2 Å². The van der Waals surface area contributed by atoms with E-state index in [1.807, 2.05) is 42.5 Å². The molecule has 0 N–H and O–H groups in total. The van der Waals surface area contributed by atoms with Crippen molar-refractivity contribution in [2.75, 3.05) is 0 Å². The van der Waals surface area contributed by atoms with Crippen LogP contribution in [0.4, 0.5) is 0 Å². The molecule has 0 radical (unpaired) electrons. The van der Waals surface area contributed by atoms with Crippen LogP contribution in [0.1, 0.15) is 0 Å². The molecule has 5 aromatic heterocycles. The van der Waals surface area contributed by atoms with Gasteiger partial charge in [-0.15, -0.1) is 0 Å². The van der Waals surface area contributed by atoms with E-state index in [1.165, 1.54) is 0 Å². The monoisotopic (exact) mass is 868 g/mol. The van der Waals surface area contributed by atoms with Crippen molar-refractivity contribution in [3.63, 3.8) is 0 Å². The van der Waals surface area contributed by atoms with Crippen molar-refractivity contribution in [2.45, 2.75) is 0 Å². The molecule has 0 aliphatic heterocycles. The zero-order valence-electron chi connectivity index (χ0n) is 36.8. The van der Waals surface area contributed by atoms with E-state index in [0.717, 1.165) is 111 Å². The van der Waals surface area contributed by atoms with Crippen molar-refractivity contribution in [1.29, 1.82) is 0 Å². The fourth-order valence-electron chi connectivity index (χ4n) is 9.80. The molecule has 0 atom stereocenters. The minimum Gasteiger partial charge on any atom is -0.292 e. The number of rotatable bonds is 8. The molecule has 0 unspecified atom stereocenters. The minimum absolute atomic E-state index is 0.555. The minimum atomic E-state index is 0.555. The summed E-state index contributed by atoms with van der Waals surface area (Å²) in [5.74, 6) is 2.14. The summed E-state index contributed by atoms with van der Waals surface area (Å²) in [7, 11) is 0. The van der Waals surface area contributed by atoms with E-state index in [0.29, 0.717) is 11.5 Å². The molecule has 8 aromatic carbocycles. The first-order valence-electron chi connectivity index (χ1n) is 22.9. The SMILES string of the molecule is c1ccc(-c2cc(-c3ccccc3)cc(-c3cccc(-n4c5ccccc5c5ccc6c7ccccc7n(-c7cccc(-c8nc(-c9ccccc9)cc(-c9ccccc9)n8)n7)c6c54)n3)c2)cc1. The number of hydrogen-bond acceptors (Lipinski definition) is 4. The van der Waals surface area contributed by atoms with E-state index < -0.39 is 0 Å². The molecule has 0 aliphatic rings. The van der Waals surface area contributed by atoms with Gasteiger partial charge in [-0.3, -0.25) is 9.13 Å². The molecule has 318 valence electrons. The highest BCUT2D eigenvalue weighted by atomic mass is 15.1. The second-order valence-corrected chi connectivity index (χ2v) is 17.1. The fourth-order valence-corrected chi connectivity index (χ4v) is 9.80. The van der Waals surface area contributed by atoms with Crippen molar-refractivity contribution >= 4 is 43.6 Å². The first-order chi connectivity index (χ1) is 33.7. The normalized spacial score (nSPS) is 11.5. The Kier molecular flexibility index (Phi) is 9.39. The zero-order chi connectivity index (χ0) is 45.0. The van der Waals surface area contributed by atoms with Crippen LogP contribution < -0.4 is 0 Å². The van der Waals surface area contributed by atoms with Crippen LogP contribution in [0, 0.1) is 0 Å². The summed E-state index contributed by atoms with van der Waals surface area (Å²) in [6.07, 6.45) is 0. The Labute approximate surface area is 392 Å². The summed E-state index contributed by atoms with van der Waals surface area (Å²) in [6, 6.07) is 84.9. The Morgan fingerprint density at radius 1 is 0.235 bits per heavy atom. The van der Waals surface area contributed by atoms with E-state index >= 15 is 0 Å². The maximum absolute atomic E-state index is 5.56. The highest BCUT2D eigenvalue weighted by Crippen LogP contribution is 2.42. The average molecular weight is 869 g/mol. The molecule has 0 spiro atoms. The summed E-state index contributed by atoms with van der Waals surface area (Å²) in [6.45, 7) is 0. The van der Waals surface area contributed by atoms with Gasteiger partial charge >= 0.3 is 0 Å². The third kappa shape index (κ3) is 6.74. The maximum Gasteiger partial charge on any atom is 0.179 e. The predicted octanol–water partition coefficient (Wildman–Crippen LogP) is 15.5. The van der Waals surface area contributed by atoms with Crippen LogP contribution in [0.2, 0.25) is 0 Å². The summed E-state index contributed by atoms with van der Waals surface area (Å²) in [5, 5.41) is 4.53. The van der Waals surface area contributed by atoms with Crippen molar-refractivity contribution in [3.05, 3.63) is 243 Å². The second kappa shape index (κ2) is 16.3. The lowest BCUT2D eigenvalue weighted by Crippen LogP contribution is -2.03. The number of aromatic nitrogens is 6. The first-order valence-corrected chi connectivity index (χ1v) is 22.9. The third-order valence-electron chi connectivity index (χ3n) is 12.9. The summed E-state index contributed by atoms with van der Waals surface area (Å²) >= 11 is 0. The van der Waals surface area contributed by atoms with Gasteiger partial charge < -0.3 is 0 Å². The molecular formula is C62H40N6. The largest absolute Gasteiger partial charge is 0.292 e. The summed E-state index contributed by atoms with van der Waals surface area (Å²) in [4.78, 5) is 21.3. The highest BCUT2D eigenvalue weighted by molar-refractivity contribution is 6.23. The molecule has 0 amide bonds. The Morgan fingerprint density at radius 2 is 0.632 bits per heavy atom. The van der Waals surface area contributed by atoms with Crippen molar-refractivity contribution in [1.82, 2.24) is 29.1 Å². The lowest BCUT2D eigenvalue weighted by atomic mass is 9.95. The van der Waals surface area contributed by atoms with Gasteiger partial charge in [0.2, 0.25) is 0 Å². The van der Waals surface area contributed by atoms with Crippen LogP contribution in [0.3, 0.4) is 0 Å². The summed E-state index contributed by atoms with van der Waals surface area (Å²) < 4.78 is 4.65. The lowest BCUT2D eigenvalue weighted by Gasteiger charge is -2.14. The lowest BCUT2D eigenvalue weighted by molar-refractivity contribution is 1.05. The number of pyridine rings is 2. The molecular weight excluding hydrogens is 829 g/mol. The Bertz CT molecular complexity index is 3630. The number of para-hydroxylation sites is 2. The van der Waals surface area contributed by atoms with Crippen LogP contribution in [0.5, 0.6) is 0 Å². The van der Waals surface area contributed by atoms with Gasteiger partial charge in [0.25, 0.3) is 0 Å². The van der Waals surface area contributed by atoms with Crippen molar-refractivity contribution in [3.8, 4) is 79.2 Å². The number of fused-ring (bicyclic) bond motifs is 7. The Hall–Kier alpha value is -9.26. The molecule has 13 aromatic rings. The highest BCUT2D eigenvalue weighted by Gasteiger charge is 2.23. The molecule has 5 heterocycles.